The Morgan fingerprint density at radius 3 is 2.69 bits per heavy atom. The van der Waals surface area contributed by atoms with E-state index in [1.165, 1.54) is 12.1 Å². The fraction of sp³-hybridized carbons (Fsp3) is 0.500. The Morgan fingerprint density at radius 1 is 1.23 bits per heavy atom. The van der Waals surface area contributed by atoms with Gasteiger partial charge in [-0.1, -0.05) is 6.07 Å². The van der Waals surface area contributed by atoms with E-state index in [1.807, 2.05) is 6.92 Å². The second-order valence-corrected chi connectivity index (χ2v) is 8.21. The van der Waals surface area contributed by atoms with Gasteiger partial charge in [-0.2, -0.15) is 4.31 Å². The number of hydrogen-bond donors (Lipinski definition) is 2. The second-order valence-electron chi connectivity index (χ2n) is 6.27. The molecule has 1 atom stereocenters. The van der Waals surface area contributed by atoms with Gasteiger partial charge in [0, 0.05) is 44.3 Å². The Labute approximate surface area is 159 Å². The van der Waals surface area contributed by atoms with Gasteiger partial charge < -0.3 is 15.5 Å². The van der Waals surface area contributed by atoms with E-state index in [0.29, 0.717) is 18.7 Å². The largest absolute Gasteiger partial charge is 0.354 e. The minimum absolute atomic E-state index is 0. The molecule has 0 radical (unpaired) electrons. The number of amides is 2. The molecule has 0 aromatic heterocycles. The first-order valence-electron chi connectivity index (χ1n) is 8.28. The third-order valence-electron chi connectivity index (χ3n) is 4.48. The summed E-state index contributed by atoms with van der Waals surface area (Å²) in [5.74, 6) is -0.501. The molecule has 2 fully saturated rings. The fourth-order valence-electron chi connectivity index (χ4n) is 3.07. The number of nitrogens with one attached hydrogen (secondary N) is 2. The summed E-state index contributed by atoms with van der Waals surface area (Å²) in [5, 5.41) is 5.82. The maximum atomic E-state index is 12.8. The maximum Gasteiger partial charge on any atom is 0.254 e. The van der Waals surface area contributed by atoms with Gasteiger partial charge in [0.15, 0.2) is 0 Å². The third kappa shape index (κ3) is 4.17. The van der Waals surface area contributed by atoms with E-state index in [1.54, 1.807) is 17.0 Å². The van der Waals surface area contributed by atoms with Crippen LogP contribution in [0.1, 0.15) is 17.3 Å². The lowest BCUT2D eigenvalue weighted by molar-refractivity contribution is -0.122. The van der Waals surface area contributed by atoms with Crippen LogP contribution in [-0.4, -0.2) is 74.7 Å². The maximum absolute atomic E-state index is 12.8. The number of rotatable bonds is 3. The van der Waals surface area contributed by atoms with E-state index in [9.17, 15) is 18.0 Å². The van der Waals surface area contributed by atoms with Gasteiger partial charge in [-0.3, -0.25) is 9.59 Å². The molecule has 10 heteroatoms. The van der Waals surface area contributed by atoms with Crippen LogP contribution >= 0.6 is 12.4 Å². The van der Waals surface area contributed by atoms with Gasteiger partial charge in [-0.15, -0.1) is 12.4 Å². The summed E-state index contributed by atoms with van der Waals surface area (Å²) >= 11 is 0. The van der Waals surface area contributed by atoms with Crippen LogP contribution in [0.15, 0.2) is 29.2 Å². The van der Waals surface area contributed by atoms with Gasteiger partial charge in [0.25, 0.3) is 5.91 Å². The molecule has 26 heavy (non-hydrogen) atoms. The zero-order valence-electron chi connectivity index (χ0n) is 14.5. The molecular formula is C16H23ClN4O4S. The molecule has 1 aromatic rings. The lowest BCUT2D eigenvalue weighted by atomic mass is 10.1. The van der Waals surface area contributed by atoms with Crippen molar-refractivity contribution < 1.29 is 18.0 Å². The van der Waals surface area contributed by atoms with Gasteiger partial charge in [-0.05, 0) is 25.1 Å². The molecule has 2 aliphatic rings. The van der Waals surface area contributed by atoms with E-state index in [-0.39, 0.29) is 54.8 Å². The van der Waals surface area contributed by atoms with Gasteiger partial charge in [0.05, 0.1) is 11.4 Å². The van der Waals surface area contributed by atoms with Crippen LogP contribution in [0.3, 0.4) is 0 Å². The topological polar surface area (TPSA) is 98.8 Å². The number of piperazine rings is 2. The lowest BCUT2D eigenvalue weighted by Gasteiger charge is -2.34. The van der Waals surface area contributed by atoms with Crippen molar-refractivity contribution in [1.82, 2.24) is 19.8 Å². The number of carbonyl (C=O) groups is 2. The van der Waals surface area contributed by atoms with Crippen molar-refractivity contribution >= 4 is 34.2 Å². The third-order valence-corrected chi connectivity index (χ3v) is 6.33. The highest BCUT2D eigenvalue weighted by molar-refractivity contribution is 7.89. The van der Waals surface area contributed by atoms with Crippen LogP contribution in [0, 0.1) is 0 Å². The zero-order chi connectivity index (χ0) is 18.0. The Kier molecular flexibility index (Phi) is 6.62. The zero-order valence-corrected chi connectivity index (χ0v) is 16.1. The average molecular weight is 403 g/mol. The number of sulfonamides is 1. The first kappa shape index (κ1) is 20.6. The molecule has 8 nitrogen and oxygen atoms in total. The Hall–Kier alpha value is -1.68. The van der Waals surface area contributed by atoms with Crippen molar-refractivity contribution in [1.29, 1.82) is 0 Å². The SMILES string of the molecule is CC1CNCCN1C(=O)c1cccc(S(=O)(=O)N2CCNC(=O)C2)c1.Cl. The molecule has 2 saturated heterocycles. The summed E-state index contributed by atoms with van der Waals surface area (Å²) in [5.41, 5.74) is 0.344. The van der Waals surface area contributed by atoms with Crippen LogP contribution in [0.2, 0.25) is 0 Å². The highest BCUT2D eigenvalue weighted by Crippen LogP contribution is 2.19. The molecule has 144 valence electrons. The Balaban J connectivity index is 0.00000243. The van der Waals surface area contributed by atoms with E-state index >= 15 is 0 Å². The summed E-state index contributed by atoms with van der Waals surface area (Å²) in [6, 6.07) is 6.10. The van der Waals surface area contributed by atoms with Crippen LogP contribution in [0.4, 0.5) is 0 Å². The normalized spacial score (nSPS) is 21.7. The number of hydrogen-bond acceptors (Lipinski definition) is 5. The van der Waals surface area contributed by atoms with E-state index in [2.05, 4.69) is 10.6 Å². The molecular weight excluding hydrogens is 380 g/mol. The first-order chi connectivity index (χ1) is 11.9. The first-order valence-corrected chi connectivity index (χ1v) is 9.72. The predicted octanol–water partition coefficient (Wildman–Crippen LogP) is -0.337. The molecule has 2 amide bonds. The summed E-state index contributed by atoms with van der Waals surface area (Å²) in [6.45, 7) is 4.29. The van der Waals surface area contributed by atoms with Gasteiger partial charge in [-0.25, -0.2) is 8.42 Å². The molecule has 2 N–H and O–H groups in total. The molecule has 1 unspecified atom stereocenters. The standard InChI is InChI=1S/C16H22N4O4S.ClH/c1-12-10-17-5-8-20(12)16(22)13-3-2-4-14(9-13)25(23,24)19-7-6-18-15(21)11-19;/h2-4,9,12,17H,5-8,10-11H2,1H3,(H,18,21);1H. The van der Waals surface area contributed by atoms with Crippen molar-refractivity contribution in [2.75, 3.05) is 39.3 Å². The highest BCUT2D eigenvalue weighted by atomic mass is 35.5. The Bertz CT molecular complexity index is 786. The summed E-state index contributed by atoms with van der Waals surface area (Å²) < 4.78 is 26.7. The molecule has 1 aromatic carbocycles. The highest BCUT2D eigenvalue weighted by Gasteiger charge is 2.30. The summed E-state index contributed by atoms with van der Waals surface area (Å²) in [7, 11) is -3.81. The van der Waals surface area contributed by atoms with Gasteiger partial charge in [0.2, 0.25) is 15.9 Å². The number of benzene rings is 1. The minimum atomic E-state index is -3.81. The van der Waals surface area contributed by atoms with Crippen molar-refractivity contribution in [3.8, 4) is 0 Å². The lowest BCUT2D eigenvalue weighted by Crippen LogP contribution is -2.52. The van der Waals surface area contributed by atoms with E-state index in [4.69, 9.17) is 0 Å². The van der Waals surface area contributed by atoms with Crippen molar-refractivity contribution in [3.05, 3.63) is 29.8 Å². The molecule has 0 spiro atoms. The molecule has 0 bridgehead atoms. The van der Waals surface area contributed by atoms with Gasteiger partial charge >= 0.3 is 0 Å². The van der Waals surface area contributed by atoms with Crippen molar-refractivity contribution in [2.45, 2.75) is 17.9 Å². The van der Waals surface area contributed by atoms with Crippen LogP contribution in [0.25, 0.3) is 0 Å². The van der Waals surface area contributed by atoms with Crippen LogP contribution in [0.5, 0.6) is 0 Å². The Morgan fingerprint density at radius 2 is 2.00 bits per heavy atom. The van der Waals surface area contributed by atoms with Gasteiger partial charge in [0.1, 0.15) is 0 Å². The monoisotopic (exact) mass is 402 g/mol. The van der Waals surface area contributed by atoms with E-state index < -0.39 is 10.0 Å². The predicted molar refractivity (Wildman–Crippen MR) is 98.8 cm³/mol. The molecule has 2 aliphatic heterocycles. The summed E-state index contributed by atoms with van der Waals surface area (Å²) in [4.78, 5) is 26.0. The quantitative estimate of drug-likeness (QED) is 0.720. The van der Waals surface area contributed by atoms with E-state index in [0.717, 1.165) is 10.8 Å². The number of halogens is 1. The molecule has 3 rings (SSSR count). The number of carbonyl (C=O) groups excluding carboxylic acids is 2. The fourth-order valence-corrected chi connectivity index (χ4v) is 4.51. The van der Waals surface area contributed by atoms with Crippen molar-refractivity contribution in [3.63, 3.8) is 0 Å². The molecule has 2 heterocycles. The van der Waals surface area contributed by atoms with Crippen LogP contribution < -0.4 is 10.6 Å². The molecule has 0 saturated carbocycles. The molecule has 0 aliphatic carbocycles. The second kappa shape index (κ2) is 8.34. The minimum Gasteiger partial charge on any atom is -0.354 e. The average Bonchev–Trinajstić information content (AvgIpc) is 2.62. The summed E-state index contributed by atoms with van der Waals surface area (Å²) in [6.07, 6.45) is 0. The van der Waals surface area contributed by atoms with Crippen molar-refractivity contribution in [2.24, 2.45) is 0 Å². The number of nitrogens with zero attached hydrogens (tertiary/aromatic N) is 2. The van der Waals surface area contributed by atoms with Crippen LogP contribution in [-0.2, 0) is 14.8 Å². The smallest absolute Gasteiger partial charge is 0.254 e.